The van der Waals surface area contributed by atoms with Gasteiger partial charge in [0.1, 0.15) is 12.4 Å². The molecule has 0 saturated carbocycles. The van der Waals surface area contributed by atoms with Crippen molar-refractivity contribution >= 4 is 23.8 Å². The molecule has 0 unspecified atom stereocenters. The quantitative estimate of drug-likeness (QED) is 0.639. The highest BCUT2D eigenvalue weighted by molar-refractivity contribution is 5.95. The van der Waals surface area contributed by atoms with Crippen LogP contribution in [-0.4, -0.2) is 43.0 Å². The Morgan fingerprint density at radius 1 is 1.13 bits per heavy atom. The van der Waals surface area contributed by atoms with Crippen LogP contribution in [-0.2, 0) is 23.9 Å². The van der Waals surface area contributed by atoms with E-state index in [-0.39, 0.29) is 43.1 Å². The first-order valence-corrected chi connectivity index (χ1v) is 7.51. The van der Waals surface area contributed by atoms with Crippen molar-refractivity contribution in [3.05, 3.63) is 11.3 Å². The monoisotopic (exact) mass is 326 g/mol. The van der Waals surface area contributed by atoms with E-state index in [2.05, 4.69) is 10.6 Å². The third kappa shape index (κ3) is 5.72. The predicted octanol–water partition coefficient (Wildman–Crippen LogP) is 0.807. The molecule has 0 aromatic carbocycles. The van der Waals surface area contributed by atoms with Gasteiger partial charge in [-0.3, -0.25) is 4.79 Å². The Morgan fingerprint density at radius 3 is 2.39 bits per heavy atom. The van der Waals surface area contributed by atoms with Crippen LogP contribution < -0.4 is 10.6 Å². The van der Waals surface area contributed by atoms with Crippen molar-refractivity contribution < 1.29 is 28.7 Å². The number of amides is 2. The number of carbonyl (C=O) groups excluding carboxylic acids is 4. The molecule has 8 nitrogen and oxygen atoms in total. The van der Waals surface area contributed by atoms with E-state index in [1.165, 1.54) is 6.92 Å². The Morgan fingerprint density at radius 2 is 1.83 bits per heavy atom. The lowest BCUT2D eigenvalue weighted by atomic mass is 10.0. The van der Waals surface area contributed by atoms with Gasteiger partial charge >= 0.3 is 18.0 Å². The highest BCUT2D eigenvalue weighted by atomic mass is 16.5. The summed E-state index contributed by atoms with van der Waals surface area (Å²) in [7, 11) is 0. The highest BCUT2D eigenvalue weighted by Crippen LogP contribution is 2.17. The fraction of sp³-hybridized carbons (Fsp3) is 0.600. The second-order valence-corrected chi connectivity index (χ2v) is 5.03. The van der Waals surface area contributed by atoms with Crippen molar-refractivity contribution in [1.29, 1.82) is 0 Å². The molecule has 0 bridgehead atoms. The Hall–Kier alpha value is -2.38. The number of hydrogen-bond donors (Lipinski definition) is 2. The van der Waals surface area contributed by atoms with Crippen molar-refractivity contribution in [2.24, 2.45) is 0 Å². The highest BCUT2D eigenvalue weighted by Gasteiger charge is 2.31. The largest absolute Gasteiger partial charge is 0.463 e. The first-order valence-electron chi connectivity index (χ1n) is 7.51. The van der Waals surface area contributed by atoms with Crippen LogP contribution in [0.2, 0.25) is 0 Å². The van der Waals surface area contributed by atoms with Gasteiger partial charge in [-0.15, -0.1) is 0 Å². The lowest BCUT2D eigenvalue weighted by Crippen LogP contribution is -2.51. The topological polar surface area (TPSA) is 111 Å². The molecule has 1 heterocycles. The fourth-order valence-corrected chi connectivity index (χ4v) is 2.08. The molecule has 1 aliphatic rings. The maximum atomic E-state index is 12.1. The van der Waals surface area contributed by atoms with Crippen molar-refractivity contribution in [1.82, 2.24) is 10.6 Å². The number of rotatable bonds is 8. The zero-order chi connectivity index (χ0) is 17.4. The maximum Gasteiger partial charge on any atom is 0.338 e. The van der Waals surface area contributed by atoms with Gasteiger partial charge in [-0.2, -0.15) is 0 Å². The second kappa shape index (κ2) is 8.92. The van der Waals surface area contributed by atoms with Gasteiger partial charge in [0.25, 0.3) is 0 Å². The van der Waals surface area contributed by atoms with Crippen molar-refractivity contribution in [2.75, 3.05) is 13.2 Å². The number of nitrogens with one attached hydrogen (secondary N) is 2. The molecule has 0 spiro atoms. The normalized spacial score (nSPS) is 17.2. The van der Waals surface area contributed by atoms with E-state index in [9.17, 15) is 19.2 Å². The first kappa shape index (κ1) is 18.7. The molecule has 0 fully saturated rings. The molecular formula is C15H22N2O6. The van der Waals surface area contributed by atoms with Crippen LogP contribution in [0.1, 0.15) is 40.0 Å². The lowest BCUT2D eigenvalue weighted by Gasteiger charge is -2.28. The molecule has 2 amide bonds. The average Bonchev–Trinajstić information content (AvgIpc) is 2.50. The minimum absolute atomic E-state index is 0.0409. The molecule has 1 atom stereocenters. The standard InChI is InChI=1S/C15H22N2O6/c1-4-10-13(14(20)22-5-2)11(17-15(21)16-10)8-23-12(19)7-6-9(3)18/h10H,4-8H2,1-3H3,(H2,16,17,21)/t10-/m1/s1. The number of urea groups is 1. The molecule has 0 saturated heterocycles. The minimum atomic E-state index is -0.572. The fourth-order valence-electron chi connectivity index (χ4n) is 2.08. The summed E-state index contributed by atoms with van der Waals surface area (Å²) in [4.78, 5) is 46.2. The van der Waals surface area contributed by atoms with Crippen LogP contribution in [0.4, 0.5) is 4.79 Å². The zero-order valence-corrected chi connectivity index (χ0v) is 13.6. The third-order valence-corrected chi connectivity index (χ3v) is 3.21. The van der Waals surface area contributed by atoms with E-state index in [0.717, 1.165) is 0 Å². The number of Topliss-reactive ketones (excluding diaryl/α,β-unsaturated/α-hetero) is 1. The molecule has 8 heteroatoms. The number of hydrogen-bond acceptors (Lipinski definition) is 6. The smallest absolute Gasteiger partial charge is 0.338 e. The molecule has 0 aliphatic carbocycles. The SMILES string of the molecule is CCOC(=O)C1=C(COC(=O)CCC(C)=O)NC(=O)N[C@@H]1CC. The van der Waals surface area contributed by atoms with Gasteiger partial charge in [-0.1, -0.05) is 6.92 Å². The van der Waals surface area contributed by atoms with E-state index in [4.69, 9.17) is 9.47 Å². The van der Waals surface area contributed by atoms with Crippen LogP contribution in [0, 0.1) is 0 Å². The van der Waals surface area contributed by atoms with Crippen LogP contribution in [0.15, 0.2) is 11.3 Å². The van der Waals surface area contributed by atoms with Gasteiger partial charge in [-0.05, 0) is 20.3 Å². The number of ether oxygens (including phenoxy) is 2. The molecule has 1 aliphatic heterocycles. The van der Waals surface area contributed by atoms with Gasteiger partial charge in [0, 0.05) is 6.42 Å². The van der Waals surface area contributed by atoms with Crippen LogP contribution in [0.25, 0.3) is 0 Å². The van der Waals surface area contributed by atoms with Gasteiger partial charge in [0.2, 0.25) is 0 Å². The summed E-state index contributed by atoms with van der Waals surface area (Å²) >= 11 is 0. The molecule has 23 heavy (non-hydrogen) atoms. The number of esters is 2. The van der Waals surface area contributed by atoms with Crippen LogP contribution in [0.5, 0.6) is 0 Å². The molecule has 0 aromatic rings. The minimum Gasteiger partial charge on any atom is -0.463 e. The summed E-state index contributed by atoms with van der Waals surface area (Å²) in [6, 6.07) is -0.978. The van der Waals surface area contributed by atoms with E-state index in [0.29, 0.717) is 6.42 Å². The van der Waals surface area contributed by atoms with Crippen molar-refractivity contribution in [2.45, 2.75) is 46.1 Å². The first-order chi connectivity index (χ1) is 10.9. The summed E-state index contributed by atoms with van der Waals surface area (Å²) in [5, 5.41) is 5.09. The summed E-state index contributed by atoms with van der Waals surface area (Å²) in [5.41, 5.74) is 0.448. The summed E-state index contributed by atoms with van der Waals surface area (Å²) in [6.07, 6.45) is 0.540. The van der Waals surface area contributed by atoms with E-state index in [1.54, 1.807) is 6.92 Å². The van der Waals surface area contributed by atoms with Gasteiger partial charge in [-0.25, -0.2) is 9.59 Å². The summed E-state index contributed by atoms with van der Waals surface area (Å²) in [6.45, 7) is 4.81. The van der Waals surface area contributed by atoms with E-state index in [1.807, 2.05) is 6.92 Å². The van der Waals surface area contributed by atoms with Crippen molar-refractivity contribution in [3.63, 3.8) is 0 Å². The van der Waals surface area contributed by atoms with Gasteiger partial charge in [0.15, 0.2) is 0 Å². The predicted molar refractivity (Wildman–Crippen MR) is 80.3 cm³/mol. The van der Waals surface area contributed by atoms with Crippen LogP contribution in [0.3, 0.4) is 0 Å². The Balaban J connectivity index is 2.85. The third-order valence-electron chi connectivity index (χ3n) is 3.21. The summed E-state index contributed by atoms with van der Waals surface area (Å²) < 4.78 is 10.0. The maximum absolute atomic E-state index is 12.1. The number of ketones is 1. The Kier molecular flexibility index (Phi) is 7.24. The molecule has 1 rings (SSSR count). The van der Waals surface area contributed by atoms with Crippen LogP contribution >= 0.6 is 0 Å². The molecule has 0 aromatic heterocycles. The lowest BCUT2D eigenvalue weighted by molar-refractivity contribution is -0.144. The average molecular weight is 326 g/mol. The van der Waals surface area contributed by atoms with Crippen molar-refractivity contribution in [3.8, 4) is 0 Å². The van der Waals surface area contributed by atoms with E-state index < -0.39 is 24.0 Å². The van der Waals surface area contributed by atoms with Gasteiger partial charge < -0.3 is 24.9 Å². The molecular weight excluding hydrogens is 304 g/mol. The molecule has 0 radical (unpaired) electrons. The van der Waals surface area contributed by atoms with Gasteiger partial charge in [0.05, 0.1) is 30.3 Å². The van der Waals surface area contributed by atoms with E-state index >= 15 is 0 Å². The molecule has 2 N–H and O–H groups in total. The Labute approximate surface area is 134 Å². The zero-order valence-electron chi connectivity index (χ0n) is 13.6. The Bertz CT molecular complexity index is 526. The second-order valence-electron chi connectivity index (χ2n) is 5.03. The summed E-state index contributed by atoms with van der Waals surface area (Å²) in [5.74, 6) is -1.26. The molecule has 128 valence electrons. The number of carbonyl (C=O) groups is 4.